The van der Waals surface area contributed by atoms with Gasteiger partial charge in [-0.25, -0.2) is 4.98 Å². The molecule has 0 fully saturated rings. The lowest BCUT2D eigenvalue weighted by atomic mass is 10.1. The Hall–Kier alpha value is -1.39. The highest BCUT2D eigenvalue weighted by atomic mass is 16.3. The van der Waals surface area contributed by atoms with Crippen molar-refractivity contribution in [2.24, 2.45) is 5.73 Å². The number of imidazole rings is 1. The zero-order chi connectivity index (χ0) is 9.97. The molecule has 0 spiro atoms. The third-order valence-corrected chi connectivity index (χ3v) is 2.28. The second-order valence-corrected chi connectivity index (χ2v) is 3.27. The number of fused-ring (bicyclic) bond motifs is 1. The van der Waals surface area contributed by atoms with E-state index in [-0.39, 0.29) is 12.6 Å². The minimum Gasteiger partial charge on any atom is -0.396 e. The van der Waals surface area contributed by atoms with E-state index in [0.29, 0.717) is 6.42 Å². The van der Waals surface area contributed by atoms with E-state index < -0.39 is 0 Å². The highest BCUT2D eigenvalue weighted by Crippen LogP contribution is 2.14. The Morgan fingerprint density at radius 1 is 1.50 bits per heavy atom. The van der Waals surface area contributed by atoms with E-state index in [0.717, 1.165) is 11.2 Å². The summed E-state index contributed by atoms with van der Waals surface area (Å²) >= 11 is 0. The van der Waals surface area contributed by atoms with Crippen molar-refractivity contribution in [3.05, 3.63) is 36.3 Å². The summed E-state index contributed by atoms with van der Waals surface area (Å²) in [5.74, 6) is 0. The van der Waals surface area contributed by atoms with E-state index in [1.165, 1.54) is 0 Å². The molecule has 0 aliphatic heterocycles. The fourth-order valence-corrected chi connectivity index (χ4v) is 1.46. The lowest BCUT2D eigenvalue weighted by Crippen LogP contribution is -2.12. The summed E-state index contributed by atoms with van der Waals surface area (Å²) in [6.07, 6.45) is 6.16. The van der Waals surface area contributed by atoms with Gasteiger partial charge < -0.3 is 15.2 Å². The first-order valence-corrected chi connectivity index (χ1v) is 4.60. The number of pyridine rings is 1. The quantitative estimate of drug-likeness (QED) is 0.751. The molecule has 4 heteroatoms. The van der Waals surface area contributed by atoms with Crippen LogP contribution in [-0.2, 0) is 0 Å². The second-order valence-electron chi connectivity index (χ2n) is 3.27. The van der Waals surface area contributed by atoms with Crippen LogP contribution in [0.25, 0.3) is 5.65 Å². The van der Waals surface area contributed by atoms with Crippen molar-refractivity contribution in [3.63, 3.8) is 0 Å². The van der Waals surface area contributed by atoms with Gasteiger partial charge in [-0.15, -0.1) is 0 Å². The Labute approximate surface area is 82.0 Å². The Morgan fingerprint density at radius 2 is 2.36 bits per heavy atom. The number of aliphatic hydroxyl groups excluding tert-OH is 1. The Morgan fingerprint density at radius 3 is 3.14 bits per heavy atom. The van der Waals surface area contributed by atoms with Crippen molar-refractivity contribution in [3.8, 4) is 0 Å². The molecule has 0 amide bonds. The lowest BCUT2D eigenvalue weighted by Gasteiger charge is -2.10. The molecule has 0 aliphatic carbocycles. The molecule has 0 bridgehead atoms. The van der Waals surface area contributed by atoms with E-state index in [1.54, 1.807) is 6.20 Å². The molecule has 1 atom stereocenters. The van der Waals surface area contributed by atoms with E-state index >= 15 is 0 Å². The van der Waals surface area contributed by atoms with Gasteiger partial charge in [-0.3, -0.25) is 0 Å². The van der Waals surface area contributed by atoms with Gasteiger partial charge in [-0.05, 0) is 18.1 Å². The van der Waals surface area contributed by atoms with Crippen molar-refractivity contribution in [1.82, 2.24) is 9.38 Å². The fraction of sp³-hybridized carbons (Fsp3) is 0.300. The minimum atomic E-state index is -0.105. The van der Waals surface area contributed by atoms with Crippen LogP contribution < -0.4 is 5.73 Å². The Bertz CT molecular complexity index is 424. The molecular weight excluding hydrogens is 178 g/mol. The van der Waals surface area contributed by atoms with E-state index in [2.05, 4.69) is 4.98 Å². The molecule has 0 saturated heterocycles. The number of aromatic nitrogens is 2. The molecule has 2 heterocycles. The predicted octanol–water partition coefficient (Wildman–Crippen LogP) is 0.716. The van der Waals surface area contributed by atoms with Gasteiger partial charge in [0, 0.05) is 31.2 Å². The molecule has 0 radical (unpaired) electrons. The highest BCUT2D eigenvalue weighted by molar-refractivity contribution is 5.39. The average Bonchev–Trinajstić information content (AvgIpc) is 2.64. The maximum Gasteiger partial charge on any atom is 0.136 e. The smallest absolute Gasteiger partial charge is 0.136 e. The maximum absolute atomic E-state index is 8.77. The zero-order valence-corrected chi connectivity index (χ0v) is 7.80. The van der Waals surface area contributed by atoms with Crippen LogP contribution in [0.15, 0.2) is 30.7 Å². The standard InChI is InChI=1S/C10H13N3O/c11-9(3-6-14)8-1-2-10-12-4-5-13(10)7-8/h1-2,4-5,7,9,14H,3,6,11H2/t9-/m0/s1. The molecule has 14 heavy (non-hydrogen) atoms. The maximum atomic E-state index is 8.77. The third-order valence-electron chi connectivity index (χ3n) is 2.28. The van der Waals surface area contributed by atoms with Crippen LogP contribution in [-0.4, -0.2) is 21.1 Å². The molecule has 2 aromatic heterocycles. The van der Waals surface area contributed by atoms with Gasteiger partial charge in [-0.1, -0.05) is 6.07 Å². The molecule has 4 nitrogen and oxygen atoms in total. The molecule has 2 rings (SSSR count). The first kappa shape index (κ1) is 9.18. The normalized spacial score (nSPS) is 13.3. The van der Waals surface area contributed by atoms with Crippen molar-refractivity contribution in [2.75, 3.05) is 6.61 Å². The molecule has 3 N–H and O–H groups in total. The van der Waals surface area contributed by atoms with Crippen LogP contribution >= 0.6 is 0 Å². The molecule has 0 aliphatic rings. The minimum absolute atomic E-state index is 0.105. The summed E-state index contributed by atoms with van der Waals surface area (Å²) in [6.45, 7) is 0.114. The number of nitrogens with zero attached hydrogens (tertiary/aromatic N) is 2. The van der Waals surface area contributed by atoms with Crippen molar-refractivity contribution < 1.29 is 5.11 Å². The first-order valence-electron chi connectivity index (χ1n) is 4.60. The summed E-state index contributed by atoms with van der Waals surface area (Å²) in [7, 11) is 0. The fourth-order valence-electron chi connectivity index (χ4n) is 1.46. The number of aliphatic hydroxyl groups is 1. The zero-order valence-electron chi connectivity index (χ0n) is 7.80. The van der Waals surface area contributed by atoms with Crippen LogP contribution in [0.3, 0.4) is 0 Å². The topological polar surface area (TPSA) is 63.5 Å². The summed E-state index contributed by atoms with van der Waals surface area (Å²) in [4.78, 5) is 4.14. The van der Waals surface area contributed by atoms with Gasteiger partial charge in [0.15, 0.2) is 0 Å². The number of hydrogen-bond donors (Lipinski definition) is 2. The molecular formula is C10H13N3O. The van der Waals surface area contributed by atoms with Crippen LogP contribution in [0.2, 0.25) is 0 Å². The second kappa shape index (κ2) is 3.77. The number of hydrogen-bond acceptors (Lipinski definition) is 3. The van der Waals surface area contributed by atoms with Crippen molar-refractivity contribution in [2.45, 2.75) is 12.5 Å². The SMILES string of the molecule is N[C@@H](CCO)c1ccc2nccn2c1. The van der Waals surface area contributed by atoms with Crippen molar-refractivity contribution >= 4 is 5.65 Å². The van der Waals surface area contributed by atoms with Crippen LogP contribution in [0.5, 0.6) is 0 Å². The van der Waals surface area contributed by atoms with Crippen LogP contribution in [0.1, 0.15) is 18.0 Å². The first-order chi connectivity index (χ1) is 6.81. The molecule has 2 aromatic rings. The summed E-state index contributed by atoms with van der Waals surface area (Å²) in [5.41, 5.74) is 7.80. The molecule has 0 saturated carbocycles. The number of nitrogens with two attached hydrogens (primary N) is 1. The van der Waals surface area contributed by atoms with Crippen LogP contribution in [0, 0.1) is 0 Å². The monoisotopic (exact) mass is 191 g/mol. The highest BCUT2D eigenvalue weighted by Gasteiger charge is 2.05. The van der Waals surface area contributed by atoms with E-state index in [9.17, 15) is 0 Å². The summed E-state index contributed by atoms with van der Waals surface area (Å²) < 4.78 is 1.92. The number of rotatable bonds is 3. The van der Waals surface area contributed by atoms with Gasteiger partial charge in [0.25, 0.3) is 0 Å². The largest absolute Gasteiger partial charge is 0.396 e. The molecule has 0 unspecified atom stereocenters. The molecule has 0 aromatic carbocycles. The predicted molar refractivity (Wildman–Crippen MR) is 53.8 cm³/mol. The van der Waals surface area contributed by atoms with E-state index in [4.69, 9.17) is 10.8 Å². The Balaban J connectivity index is 2.33. The lowest BCUT2D eigenvalue weighted by molar-refractivity contribution is 0.276. The average molecular weight is 191 g/mol. The van der Waals surface area contributed by atoms with Gasteiger partial charge in [-0.2, -0.15) is 0 Å². The Kier molecular flexibility index (Phi) is 2.47. The summed E-state index contributed by atoms with van der Waals surface area (Å²) in [6, 6.07) is 3.77. The van der Waals surface area contributed by atoms with E-state index in [1.807, 2.05) is 28.9 Å². The molecule has 74 valence electrons. The third kappa shape index (κ3) is 1.62. The van der Waals surface area contributed by atoms with Gasteiger partial charge >= 0.3 is 0 Å². The van der Waals surface area contributed by atoms with Gasteiger partial charge in [0.2, 0.25) is 0 Å². The van der Waals surface area contributed by atoms with Crippen molar-refractivity contribution in [1.29, 1.82) is 0 Å². The van der Waals surface area contributed by atoms with Gasteiger partial charge in [0.05, 0.1) is 0 Å². The summed E-state index contributed by atoms with van der Waals surface area (Å²) in [5, 5.41) is 8.77. The van der Waals surface area contributed by atoms with Gasteiger partial charge in [0.1, 0.15) is 5.65 Å². The van der Waals surface area contributed by atoms with Crippen LogP contribution in [0.4, 0.5) is 0 Å².